The highest BCUT2D eigenvalue weighted by molar-refractivity contribution is 7.10. The maximum Gasteiger partial charge on any atom is 0.326 e. The lowest BCUT2D eigenvalue weighted by Crippen LogP contribution is -2.41. The number of aromatic nitrogens is 1. The molecule has 0 aliphatic heterocycles. The zero-order valence-electron chi connectivity index (χ0n) is 12.4. The average Bonchev–Trinajstić information content (AvgIpc) is 2.92. The molecule has 3 N–H and O–H groups in total. The molecule has 1 amide bonds. The Balaban J connectivity index is 2.00. The van der Waals surface area contributed by atoms with Crippen molar-refractivity contribution in [2.75, 3.05) is 0 Å². The Hall–Kier alpha value is -2.67. The molecule has 0 radical (unpaired) electrons. The van der Waals surface area contributed by atoms with Crippen molar-refractivity contribution < 1.29 is 19.8 Å². The number of aryl methyl sites for hydroxylation is 1. The highest BCUT2D eigenvalue weighted by atomic mass is 32.1. The summed E-state index contributed by atoms with van der Waals surface area (Å²) >= 11 is 1.40. The van der Waals surface area contributed by atoms with E-state index in [1.807, 2.05) is 6.92 Å². The van der Waals surface area contributed by atoms with E-state index in [9.17, 15) is 19.8 Å². The Kier molecular flexibility index (Phi) is 5.48. The van der Waals surface area contributed by atoms with Crippen LogP contribution in [0.25, 0.3) is 6.08 Å². The number of carbonyl (C=O) groups excluding carboxylic acids is 1. The Labute approximate surface area is 137 Å². The first-order chi connectivity index (χ1) is 11.0. The lowest BCUT2D eigenvalue weighted by Gasteiger charge is -2.13. The number of benzene rings is 1. The molecule has 2 aromatic rings. The molecule has 7 heteroatoms. The summed E-state index contributed by atoms with van der Waals surface area (Å²) in [6.45, 7) is 1.83. The van der Waals surface area contributed by atoms with Crippen LogP contribution in [0.1, 0.15) is 16.1 Å². The molecule has 1 unspecified atom stereocenters. The van der Waals surface area contributed by atoms with Gasteiger partial charge in [-0.15, -0.1) is 11.3 Å². The quantitative estimate of drug-likeness (QED) is 0.703. The fraction of sp³-hybridized carbons (Fsp3) is 0.188. The van der Waals surface area contributed by atoms with Gasteiger partial charge >= 0.3 is 5.97 Å². The van der Waals surface area contributed by atoms with Crippen LogP contribution < -0.4 is 5.32 Å². The van der Waals surface area contributed by atoms with Gasteiger partial charge in [-0.25, -0.2) is 9.78 Å². The summed E-state index contributed by atoms with van der Waals surface area (Å²) in [6, 6.07) is 5.15. The molecule has 6 nitrogen and oxygen atoms in total. The summed E-state index contributed by atoms with van der Waals surface area (Å²) in [5, 5.41) is 20.9. The molecule has 0 aliphatic carbocycles. The van der Waals surface area contributed by atoms with Gasteiger partial charge in [0.05, 0.1) is 11.2 Å². The van der Waals surface area contributed by atoms with Gasteiger partial charge in [-0.2, -0.15) is 0 Å². The molecule has 0 bridgehead atoms. The summed E-state index contributed by atoms with van der Waals surface area (Å²) in [5.74, 6) is -1.50. The smallest absolute Gasteiger partial charge is 0.326 e. The molecule has 2 rings (SSSR count). The molecule has 1 aromatic carbocycles. The molecule has 1 aromatic heterocycles. The second-order valence-corrected chi connectivity index (χ2v) is 5.79. The fourth-order valence-electron chi connectivity index (χ4n) is 1.91. The lowest BCUT2D eigenvalue weighted by atomic mass is 10.1. The van der Waals surface area contributed by atoms with Crippen LogP contribution in [-0.2, 0) is 16.0 Å². The number of thiazole rings is 1. The maximum atomic E-state index is 11.9. The van der Waals surface area contributed by atoms with E-state index in [1.165, 1.54) is 29.5 Å². The number of hydrogen-bond acceptors (Lipinski definition) is 5. The number of nitrogens with zero attached hydrogens (tertiary/aromatic N) is 1. The number of carbonyl (C=O) groups is 2. The molecule has 0 spiro atoms. The van der Waals surface area contributed by atoms with E-state index in [0.29, 0.717) is 5.56 Å². The van der Waals surface area contributed by atoms with Crippen LogP contribution in [0.4, 0.5) is 0 Å². The van der Waals surface area contributed by atoms with Crippen molar-refractivity contribution in [1.29, 1.82) is 0 Å². The van der Waals surface area contributed by atoms with Gasteiger partial charge < -0.3 is 15.5 Å². The average molecular weight is 332 g/mol. The van der Waals surface area contributed by atoms with E-state index in [1.54, 1.807) is 23.7 Å². The van der Waals surface area contributed by atoms with E-state index in [0.717, 1.165) is 10.6 Å². The largest absolute Gasteiger partial charge is 0.508 e. The number of carboxylic acid groups (broad SMARTS) is 1. The van der Waals surface area contributed by atoms with Gasteiger partial charge in [-0.3, -0.25) is 4.79 Å². The minimum atomic E-state index is -1.12. The summed E-state index contributed by atoms with van der Waals surface area (Å²) in [5.41, 5.74) is 3.20. The number of carboxylic acids is 1. The first kappa shape index (κ1) is 16.7. The second kappa shape index (κ2) is 7.55. The van der Waals surface area contributed by atoms with Crippen molar-refractivity contribution in [3.05, 3.63) is 52.0 Å². The third-order valence-corrected chi connectivity index (χ3v) is 4.06. The normalized spacial score (nSPS) is 12.2. The predicted molar refractivity (Wildman–Crippen MR) is 87.3 cm³/mol. The molecule has 1 heterocycles. The van der Waals surface area contributed by atoms with E-state index in [4.69, 9.17) is 0 Å². The maximum absolute atomic E-state index is 11.9. The van der Waals surface area contributed by atoms with Crippen molar-refractivity contribution in [3.8, 4) is 5.75 Å². The monoisotopic (exact) mass is 332 g/mol. The van der Waals surface area contributed by atoms with Crippen molar-refractivity contribution in [1.82, 2.24) is 10.3 Å². The Bertz CT molecular complexity index is 722. The number of rotatable bonds is 6. The summed E-state index contributed by atoms with van der Waals surface area (Å²) < 4.78 is 0. The lowest BCUT2D eigenvalue weighted by molar-refractivity contribution is -0.141. The molecule has 0 saturated heterocycles. The number of aromatic hydroxyl groups is 1. The molecule has 0 aliphatic rings. The zero-order valence-corrected chi connectivity index (χ0v) is 13.2. The van der Waals surface area contributed by atoms with Crippen LogP contribution in [0.3, 0.4) is 0 Å². The second-order valence-electron chi connectivity index (χ2n) is 4.91. The third-order valence-electron chi connectivity index (χ3n) is 3.16. The van der Waals surface area contributed by atoms with Crippen LogP contribution in [0.2, 0.25) is 0 Å². The van der Waals surface area contributed by atoms with Gasteiger partial charge in [0.25, 0.3) is 0 Å². The molecular weight excluding hydrogens is 316 g/mol. The topological polar surface area (TPSA) is 99.5 Å². The van der Waals surface area contributed by atoms with Gasteiger partial charge in [0, 0.05) is 17.4 Å². The Morgan fingerprint density at radius 1 is 1.35 bits per heavy atom. The van der Waals surface area contributed by atoms with E-state index < -0.39 is 17.9 Å². The SMILES string of the molecule is Cc1ncsc1/C=C/C(=O)NC(Cc1ccc(O)cc1)C(=O)O. The first-order valence-electron chi connectivity index (χ1n) is 6.85. The van der Waals surface area contributed by atoms with E-state index in [2.05, 4.69) is 10.3 Å². The van der Waals surface area contributed by atoms with Crippen molar-refractivity contribution in [3.63, 3.8) is 0 Å². The van der Waals surface area contributed by atoms with Crippen molar-refractivity contribution in [2.45, 2.75) is 19.4 Å². The van der Waals surface area contributed by atoms with Gasteiger partial charge in [0.15, 0.2) is 0 Å². The minimum Gasteiger partial charge on any atom is -0.508 e. The van der Waals surface area contributed by atoms with Gasteiger partial charge in [0.2, 0.25) is 5.91 Å². The highest BCUT2D eigenvalue weighted by Gasteiger charge is 2.19. The molecule has 0 fully saturated rings. The van der Waals surface area contributed by atoms with Crippen molar-refractivity contribution in [2.24, 2.45) is 0 Å². The van der Waals surface area contributed by atoms with Crippen LogP contribution in [-0.4, -0.2) is 33.1 Å². The number of nitrogens with one attached hydrogen (secondary N) is 1. The van der Waals surface area contributed by atoms with Gasteiger partial charge in [0.1, 0.15) is 11.8 Å². The first-order valence-corrected chi connectivity index (χ1v) is 7.73. The summed E-state index contributed by atoms with van der Waals surface area (Å²) in [7, 11) is 0. The highest BCUT2D eigenvalue weighted by Crippen LogP contribution is 2.14. The van der Waals surface area contributed by atoms with Crippen LogP contribution in [0.15, 0.2) is 35.9 Å². The number of phenols is 1. The van der Waals surface area contributed by atoms with Crippen LogP contribution in [0, 0.1) is 6.92 Å². The zero-order chi connectivity index (χ0) is 16.8. The Morgan fingerprint density at radius 2 is 2.04 bits per heavy atom. The third kappa shape index (κ3) is 4.93. The summed E-state index contributed by atoms with van der Waals surface area (Å²) in [4.78, 5) is 28.1. The molecule has 23 heavy (non-hydrogen) atoms. The standard InChI is InChI=1S/C16H16N2O4S/c1-10-14(23-9-17-10)6-7-15(20)18-13(16(21)22)8-11-2-4-12(19)5-3-11/h2-7,9,13,19H,8H2,1H3,(H,18,20)(H,21,22)/b7-6+. The number of amides is 1. The predicted octanol–water partition coefficient (Wildman–Crippen LogP) is 1.98. The van der Waals surface area contributed by atoms with Crippen LogP contribution in [0.5, 0.6) is 5.75 Å². The molecular formula is C16H16N2O4S. The fourth-order valence-corrected chi connectivity index (χ4v) is 2.60. The van der Waals surface area contributed by atoms with Gasteiger partial charge in [-0.05, 0) is 30.7 Å². The minimum absolute atomic E-state index is 0.104. The number of hydrogen-bond donors (Lipinski definition) is 3. The Morgan fingerprint density at radius 3 is 2.61 bits per heavy atom. The van der Waals surface area contributed by atoms with Gasteiger partial charge in [-0.1, -0.05) is 12.1 Å². The van der Waals surface area contributed by atoms with E-state index >= 15 is 0 Å². The molecule has 120 valence electrons. The van der Waals surface area contributed by atoms with E-state index in [-0.39, 0.29) is 12.2 Å². The number of phenolic OH excluding ortho intramolecular Hbond substituents is 1. The van der Waals surface area contributed by atoms with Crippen LogP contribution >= 0.6 is 11.3 Å². The number of aliphatic carboxylic acids is 1. The summed E-state index contributed by atoms with van der Waals surface area (Å²) in [6.07, 6.45) is 3.05. The molecule has 1 atom stereocenters. The molecule has 0 saturated carbocycles. The van der Waals surface area contributed by atoms with Crippen molar-refractivity contribution >= 4 is 29.3 Å².